The summed E-state index contributed by atoms with van der Waals surface area (Å²) in [5.41, 5.74) is 6.84. The molecule has 0 radical (unpaired) electrons. The van der Waals surface area contributed by atoms with Crippen molar-refractivity contribution < 1.29 is 9.84 Å². The molecule has 0 spiro atoms. The number of nitrogens with one attached hydrogen (secondary N) is 1. The summed E-state index contributed by atoms with van der Waals surface area (Å²) in [7, 11) is 1.58. The number of phenols is 1. The number of rotatable bonds is 4. The molecule has 2 aromatic rings. The van der Waals surface area contributed by atoms with Crippen LogP contribution in [0.5, 0.6) is 11.5 Å². The van der Waals surface area contributed by atoms with Crippen LogP contribution in [-0.4, -0.2) is 18.4 Å². The Morgan fingerprint density at radius 2 is 1.95 bits per heavy atom. The third-order valence-corrected chi connectivity index (χ3v) is 3.01. The van der Waals surface area contributed by atoms with Gasteiger partial charge < -0.3 is 9.84 Å². The van der Waals surface area contributed by atoms with Gasteiger partial charge in [0.2, 0.25) is 0 Å². The quantitative estimate of drug-likeness (QED) is 0.660. The lowest BCUT2D eigenvalue weighted by Gasteiger charge is -2.06. The van der Waals surface area contributed by atoms with E-state index >= 15 is 0 Å². The highest BCUT2D eigenvalue weighted by Crippen LogP contribution is 2.21. The van der Waals surface area contributed by atoms with E-state index in [9.17, 15) is 5.11 Å². The molecule has 0 aliphatic rings. The number of hydrogen-bond donors (Lipinski definition) is 2. The Kier molecular flexibility index (Phi) is 4.25. The van der Waals surface area contributed by atoms with Gasteiger partial charge >= 0.3 is 0 Å². The van der Waals surface area contributed by atoms with E-state index in [1.807, 2.05) is 26.0 Å². The third kappa shape index (κ3) is 3.29. The zero-order valence-corrected chi connectivity index (χ0v) is 11.8. The number of hydrogen-bond acceptors (Lipinski definition) is 4. The van der Waals surface area contributed by atoms with Gasteiger partial charge in [-0.15, -0.1) is 0 Å². The molecule has 0 saturated heterocycles. The van der Waals surface area contributed by atoms with Gasteiger partial charge in [0, 0.05) is 5.56 Å². The van der Waals surface area contributed by atoms with Crippen molar-refractivity contribution in [2.45, 2.75) is 13.8 Å². The smallest absolute Gasteiger partial charge is 0.124 e. The number of benzene rings is 2. The lowest BCUT2D eigenvalue weighted by atomic mass is 10.1. The second-order valence-corrected chi connectivity index (χ2v) is 4.61. The number of aryl methyl sites for hydroxylation is 2. The SMILES string of the molecule is COc1ccc(O)c(/C=N/Nc2ccc(C)cc2C)c1. The van der Waals surface area contributed by atoms with Crippen LogP contribution >= 0.6 is 0 Å². The molecule has 0 atom stereocenters. The molecule has 0 amide bonds. The fourth-order valence-corrected chi connectivity index (χ4v) is 1.87. The largest absolute Gasteiger partial charge is 0.507 e. The molecule has 0 aromatic heterocycles. The lowest BCUT2D eigenvalue weighted by molar-refractivity contribution is 0.412. The standard InChI is InChI=1S/C16H18N2O2/c1-11-4-6-15(12(2)8-11)18-17-10-13-9-14(20-3)5-7-16(13)19/h4-10,18-19H,1-3H3/b17-10+. The second kappa shape index (κ2) is 6.10. The van der Waals surface area contributed by atoms with E-state index in [4.69, 9.17) is 4.74 Å². The molecule has 2 aromatic carbocycles. The summed E-state index contributed by atoms with van der Waals surface area (Å²) in [6.07, 6.45) is 1.57. The summed E-state index contributed by atoms with van der Waals surface area (Å²) >= 11 is 0. The van der Waals surface area contributed by atoms with Crippen LogP contribution in [0.1, 0.15) is 16.7 Å². The Hall–Kier alpha value is -2.49. The van der Waals surface area contributed by atoms with Crippen molar-refractivity contribution in [1.82, 2.24) is 0 Å². The molecule has 2 rings (SSSR count). The van der Waals surface area contributed by atoms with Crippen molar-refractivity contribution in [3.05, 3.63) is 53.1 Å². The number of phenolic OH excluding ortho intramolecular Hbond substituents is 1. The Labute approximate surface area is 118 Å². The van der Waals surface area contributed by atoms with E-state index in [0.717, 1.165) is 11.3 Å². The van der Waals surface area contributed by atoms with Crippen molar-refractivity contribution in [2.75, 3.05) is 12.5 Å². The van der Waals surface area contributed by atoms with Gasteiger partial charge in [-0.3, -0.25) is 5.43 Å². The van der Waals surface area contributed by atoms with E-state index in [1.54, 1.807) is 31.5 Å². The third-order valence-electron chi connectivity index (χ3n) is 3.01. The molecule has 4 heteroatoms. The minimum atomic E-state index is 0.164. The number of ether oxygens (including phenoxy) is 1. The maximum Gasteiger partial charge on any atom is 0.124 e. The van der Waals surface area contributed by atoms with Crippen LogP contribution in [0, 0.1) is 13.8 Å². The van der Waals surface area contributed by atoms with Gasteiger partial charge in [-0.2, -0.15) is 5.10 Å². The van der Waals surface area contributed by atoms with Crippen LogP contribution in [0.3, 0.4) is 0 Å². The fourth-order valence-electron chi connectivity index (χ4n) is 1.87. The second-order valence-electron chi connectivity index (χ2n) is 4.61. The molecular weight excluding hydrogens is 252 g/mol. The summed E-state index contributed by atoms with van der Waals surface area (Å²) in [5, 5.41) is 13.9. The highest BCUT2D eigenvalue weighted by molar-refractivity contribution is 5.84. The number of hydrazone groups is 1. The van der Waals surface area contributed by atoms with Gasteiger partial charge in [-0.25, -0.2) is 0 Å². The van der Waals surface area contributed by atoms with E-state index in [1.165, 1.54) is 5.56 Å². The molecule has 0 aliphatic heterocycles. The van der Waals surface area contributed by atoms with E-state index in [2.05, 4.69) is 16.6 Å². The van der Waals surface area contributed by atoms with Crippen molar-refractivity contribution in [1.29, 1.82) is 0 Å². The molecule has 0 saturated carbocycles. The fraction of sp³-hybridized carbons (Fsp3) is 0.188. The Morgan fingerprint density at radius 3 is 2.65 bits per heavy atom. The van der Waals surface area contributed by atoms with E-state index in [0.29, 0.717) is 11.3 Å². The summed E-state index contributed by atoms with van der Waals surface area (Å²) in [6, 6.07) is 11.1. The molecule has 20 heavy (non-hydrogen) atoms. The first-order valence-corrected chi connectivity index (χ1v) is 6.33. The molecular formula is C16H18N2O2. The van der Waals surface area contributed by atoms with Gasteiger partial charge in [0.1, 0.15) is 11.5 Å². The van der Waals surface area contributed by atoms with Crippen LogP contribution in [-0.2, 0) is 0 Å². The highest BCUT2D eigenvalue weighted by Gasteiger charge is 2.01. The Balaban J connectivity index is 2.13. The molecule has 0 aliphatic carbocycles. The summed E-state index contributed by atoms with van der Waals surface area (Å²) in [5.74, 6) is 0.841. The minimum absolute atomic E-state index is 0.164. The number of aromatic hydroxyl groups is 1. The topological polar surface area (TPSA) is 53.9 Å². The summed E-state index contributed by atoms with van der Waals surface area (Å²) < 4.78 is 5.11. The Morgan fingerprint density at radius 1 is 1.15 bits per heavy atom. The van der Waals surface area contributed by atoms with Gasteiger partial charge in [0.25, 0.3) is 0 Å². The molecule has 0 heterocycles. The number of anilines is 1. The minimum Gasteiger partial charge on any atom is -0.507 e. The lowest BCUT2D eigenvalue weighted by Crippen LogP contribution is -1.94. The predicted molar refractivity (Wildman–Crippen MR) is 81.8 cm³/mol. The van der Waals surface area contributed by atoms with Crippen LogP contribution in [0.25, 0.3) is 0 Å². The van der Waals surface area contributed by atoms with Crippen molar-refractivity contribution in [3.8, 4) is 11.5 Å². The first-order chi connectivity index (χ1) is 9.60. The zero-order valence-electron chi connectivity index (χ0n) is 11.8. The van der Waals surface area contributed by atoms with Gasteiger partial charge in [-0.1, -0.05) is 17.7 Å². The highest BCUT2D eigenvalue weighted by atomic mass is 16.5. The van der Waals surface area contributed by atoms with E-state index in [-0.39, 0.29) is 5.75 Å². The van der Waals surface area contributed by atoms with Crippen molar-refractivity contribution >= 4 is 11.9 Å². The van der Waals surface area contributed by atoms with Crippen molar-refractivity contribution in [2.24, 2.45) is 5.10 Å². The molecule has 0 unspecified atom stereocenters. The molecule has 0 fully saturated rings. The first-order valence-electron chi connectivity index (χ1n) is 6.33. The predicted octanol–water partition coefficient (Wildman–Crippen LogP) is 3.46. The zero-order chi connectivity index (χ0) is 14.5. The molecule has 4 nitrogen and oxygen atoms in total. The number of methoxy groups -OCH3 is 1. The van der Waals surface area contributed by atoms with Gasteiger partial charge in [0.15, 0.2) is 0 Å². The first kappa shape index (κ1) is 13.9. The van der Waals surface area contributed by atoms with Crippen LogP contribution < -0.4 is 10.2 Å². The monoisotopic (exact) mass is 270 g/mol. The van der Waals surface area contributed by atoms with E-state index < -0.39 is 0 Å². The van der Waals surface area contributed by atoms with Gasteiger partial charge in [0.05, 0.1) is 19.0 Å². The summed E-state index contributed by atoms with van der Waals surface area (Å²) in [6.45, 7) is 4.07. The average molecular weight is 270 g/mol. The van der Waals surface area contributed by atoms with Crippen LogP contribution in [0.15, 0.2) is 41.5 Å². The average Bonchev–Trinajstić information content (AvgIpc) is 2.43. The van der Waals surface area contributed by atoms with Gasteiger partial charge in [-0.05, 0) is 43.7 Å². The normalized spacial score (nSPS) is 10.8. The maximum atomic E-state index is 9.74. The molecule has 0 bridgehead atoms. The van der Waals surface area contributed by atoms with Crippen LogP contribution in [0.4, 0.5) is 5.69 Å². The molecule has 2 N–H and O–H groups in total. The van der Waals surface area contributed by atoms with Crippen LogP contribution in [0.2, 0.25) is 0 Å². The Bertz CT molecular complexity index is 636. The van der Waals surface area contributed by atoms with Crippen molar-refractivity contribution in [3.63, 3.8) is 0 Å². The number of nitrogens with zero attached hydrogens (tertiary/aromatic N) is 1. The molecule has 104 valence electrons. The maximum absolute atomic E-state index is 9.74. The summed E-state index contributed by atoms with van der Waals surface area (Å²) in [4.78, 5) is 0.